The van der Waals surface area contributed by atoms with Gasteiger partial charge in [0.25, 0.3) is 0 Å². The molecule has 0 aliphatic carbocycles. The molecule has 0 radical (unpaired) electrons. The average Bonchev–Trinajstić information content (AvgIpc) is 2.38. The van der Waals surface area contributed by atoms with E-state index >= 15 is 0 Å². The molecule has 0 unspecified atom stereocenters. The van der Waals surface area contributed by atoms with Crippen LogP contribution in [0.5, 0.6) is 0 Å². The molecule has 1 heterocycles. The van der Waals surface area contributed by atoms with Gasteiger partial charge < -0.3 is 9.84 Å². The van der Waals surface area contributed by atoms with Crippen LogP contribution in [0, 0.1) is 0 Å². The van der Waals surface area contributed by atoms with Crippen molar-refractivity contribution in [2.45, 2.75) is 12.8 Å². The van der Waals surface area contributed by atoms with E-state index in [9.17, 15) is 5.11 Å². The van der Waals surface area contributed by atoms with Gasteiger partial charge in [0.15, 0.2) is 6.54 Å². The molecule has 2 rings (SSSR count). The quantitative estimate of drug-likeness (QED) is 0.639. The Bertz CT molecular complexity index is 460. The Morgan fingerprint density at radius 1 is 1.29 bits per heavy atom. The zero-order valence-corrected chi connectivity index (χ0v) is 9.67. The molecule has 1 aromatic rings. The summed E-state index contributed by atoms with van der Waals surface area (Å²) >= 11 is 0. The van der Waals surface area contributed by atoms with E-state index in [0.717, 1.165) is 11.6 Å². The van der Waals surface area contributed by atoms with Gasteiger partial charge in [-0.2, -0.15) is 4.58 Å². The van der Waals surface area contributed by atoms with Crippen molar-refractivity contribution in [3.05, 3.63) is 55.0 Å². The molecular formula is C14H16NO2+. The smallest absolute Gasteiger partial charge is 0.347 e. The molecule has 3 nitrogen and oxygen atoms in total. The molecule has 0 fully saturated rings. The van der Waals surface area contributed by atoms with E-state index < -0.39 is 0 Å². The van der Waals surface area contributed by atoms with Gasteiger partial charge >= 0.3 is 5.90 Å². The topological polar surface area (TPSA) is 32.5 Å². The van der Waals surface area contributed by atoms with Crippen LogP contribution in [0.15, 0.2) is 55.0 Å². The number of benzene rings is 1. The molecule has 0 aromatic heterocycles. The van der Waals surface area contributed by atoms with Crippen molar-refractivity contribution in [1.29, 1.82) is 0 Å². The van der Waals surface area contributed by atoms with Crippen LogP contribution in [-0.2, 0) is 4.74 Å². The van der Waals surface area contributed by atoms with E-state index in [2.05, 4.69) is 11.2 Å². The van der Waals surface area contributed by atoms with E-state index in [-0.39, 0.29) is 0 Å². The summed E-state index contributed by atoms with van der Waals surface area (Å²) in [6.07, 6.45) is 4.56. The first-order valence-corrected chi connectivity index (χ1v) is 5.65. The number of aliphatic hydroxyl groups is 1. The molecule has 1 aromatic carbocycles. The van der Waals surface area contributed by atoms with Crippen molar-refractivity contribution >= 4 is 11.6 Å². The van der Waals surface area contributed by atoms with Gasteiger partial charge in [0, 0.05) is 18.6 Å². The zero-order chi connectivity index (χ0) is 12.1. The lowest BCUT2D eigenvalue weighted by Gasteiger charge is -2.11. The van der Waals surface area contributed by atoms with Gasteiger partial charge in [0.05, 0.1) is 6.42 Å². The number of nitrogens with zero attached hydrogens (tertiary/aromatic N) is 1. The molecule has 0 amide bonds. The lowest BCUT2D eigenvalue weighted by molar-refractivity contribution is -0.440. The highest BCUT2D eigenvalue weighted by Gasteiger charge is 2.21. The SMILES string of the molecule is C=CC[N+](=C1CCC(O)=CO1)c1ccccc1. The minimum atomic E-state index is 0.292. The van der Waals surface area contributed by atoms with Gasteiger partial charge in [0.2, 0.25) is 5.69 Å². The van der Waals surface area contributed by atoms with E-state index in [0.29, 0.717) is 25.1 Å². The zero-order valence-electron chi connectivity index (χ0n) is 9.67. The van der Waals surface area contributed by atoms with Crippen molar-refractivity contribution in [3.63, 3.8) is 0 Å². The maximum Gasteiger partial charge on any atom is 0.347 e. The third-order valence-electron chi connectivity index (χ3n) is 2.61. The summed E-state index contributed by atoms with van der Waals surface area (Å²) < 4.78 is 7.49. The van der Waals surface area contributed by atoms with Gasteiger partial charge in [-0.1, -0.05) is 24.8 Å². The Kier molecular flexibility index (Phi) is 3.60. The summed E-state index contributed by atoms with van der Waals surface area (Å²) in [4.78, 5) is 0. The van der Waals surface area contributed by atoms with Crippen LogP contribution in [0.2, 0.25) is 0 Å². The summed E-state index contributed by atoms with van der Waals surface area (Å²) in [7, 11) is 0. The highest BCUT2D eigenvalue weighted by atomic mass is 16.5. The average molecular weight is 230 g/mol. The molecule has 0 saturated heterocycles. The molecule has 88 valence electrons. The van der Waals surface area contributed by atoms with Crippen molar-refractivity contribution in [1.82, 2.24) is 0 Å². The maximum absolute atomic E-state index is 9.29. The molecule has 17 heavy (non-hydrogen) atoms. The molecule has 0 atom stereocenters. The number of ether oxygens (including phenoxy) is 1. The Morgan fingerprint density at radius 3 is 2.65 bits per heavy atom. The van der Waals surface area contributed by atoms with Gasteiger partial charge in [-0.15, -0.1) is 0 Å². The molecule has 0 saturated carbocycles. The largest absolute Gasteiger partial charge is 0.509 e. The standard InChI is InChI=1S/C14H15NO2/c1-2-10-15(12-6-4-3-5-7-12)14-9-8-13(16)11-17-14/h2-7,11H,1,8-10H2/p+1. The van der Waals surface area contributed by atoms with E-state index in [4.69, 9.17) is 4.74 Å². The molecule has 0 bridgehead atoms. The normalized spacial score (nSPS) is 18.0. The summed E-state index contributed by atoms with van der Waals surface area (Å²) in [6.45, 7) is 4.45. The van der Waals surface area contributed by atoms with Crippen LogP contribution in [0.1, 0.15) is 12.8 Å². The Hall–Kier alpha value is -2.03. The highest BCUT2D eigenvalue weighted by molar-refractivity contribution is 5.74. The highest BCUT2D eigenvalue weighted by Crippen LogP contribution is 2.17. The van der Waals surface area contributed by atoms with Crippen LogP contribution in [0.4, 0.5) is 5.69 Å². The second-order valence-electron chi connectivity index (χ2n) is 3.86. The molecule has 1 N–H and O–H groups in total. The van der Waals surface area contributed by atoms with Gasteiger partial charge in [0.1, 0.15) is 12.0 Å². The van der Waals surface area contributed by atoms with E-state index in [1.807, 2.05) is 36.4 Å². The number of aliphatic hydroxyl groups excluding tert-OH is 1. The first kappa shape index (κ1) is 11.5. The van der Waals surface area contributed by atoms with Crippen LogP contribution >= 0.6 is 0 Å². The monoisotopic (exact) mass is 230 g/mol. The maximum atomic E-state index is 9.29. The second kappa shape index (κ2) is 5.34. The van der Waals surface area contributed by atoms with Crippen molar-refractivity contribution in [3.8, 4) is 0 Å². The Balaban J connectivity index is 2.35. The lowest BCUT2D eigenvalue weighted by atomic mass is 10.2. The summed E-state index contributed by atoms with van der Waals surface area (Å²) in [5.41, 5.74) is 1.07. The Morgan fingerprint density at radius 2 is 2.06 bits per heavy atom. The van der Waals surface area contributed by atoms with Gasteiger partial charge in [-0.3, -0.25) is 0 Å². The van der Waals surface area contributed by atoms with Gasteiger partial charge in [-0.25, -0.2) is 0 Å². The fourth-order valence-electron chi connectivity index (χ4n) is 1.78. The molecule has 1 aliphatic heterocycles. The minimum absolute atomic E-state index is 0.292. The first-order valence-electron chi connectivity index (χ1n) is 5.65. The third-order valence-corrected chi connectivity index (χ3v) is 2.61. The summed E-state index contributed by atoms with van der Waals surface area (Å²) in [6, 6.07) is 10.0. The van der Waals surface area contributed by atoms with Crippen molar-refractivity contribution < 1.29 is 14.4 Å². The number of allylic oxidation sites excluding steroid dienone is 1. The summed E-state index contributed by atoms with van der Waals surface area (Å²) in [5.74, 6) is 1.13. The van der Waals surface area contributed by atoms with Crippen LogP contribution in [-0.4, -0.2) is 22.1 Å². The first-order chi connectivity index (χ1) is 8.31. The van der Waals surface area contributed by atoms with Crippen molar-refractivity contribution in [2.24, 2.45) is 0 Å². The fourth-order valence-corrected chi connectivity index (χ4v) is 1.78. The molecule has 1 aliphatic rings. The minimum Gasteiger partial charge on any atom is -0.509 e. The van der Waals surface area contributed by atoms with Crippen molar-refractivity contribution in [2.75, 3.05) is 6.54 Å². The Labute approximate surface area is 101 Å². The fraction of sp³-hybridized carbons (Fsp3) is 0.214. The number of hydrogen-bond donors (Lipinski definition) is 1. The third kappa shape index (κ3) is 2.75. The number of para-hydroxylation sites is 1. The summed E-state index contributed by atoms with van der Waals surface area (Å²) in [5, 5.41) is 9.29. The molecular weight excluding hydrogens is 214 g/mol. The molecule has 0 spiro atoms. The van der Waals surface area contributed by atoms with Crippen LogP contribution in [0.3, 0.4) is 0 Å². The van der Waals surface area contributed by atoms with Crippen LogP contribution in [0.25, 0.3) is 0 Å². The second-order valence-corrected chi connectivity index (χ2v) is 3.86. The number of hydrogen-bond acceptors (Lipinski definition) is 2. The number of rotatable bonds is 3. The predicted octanol–water partition coefficient (Wildman–Crippen LogP) is 3.12. The van der Waals surface area contributed by atoms with E-state index in [1.54, 1.807) is 0 Å². The lowest BCUT2D eigenvalue weighted by Crippen LogP contribution is -2.21. The van der Waals surface area contributed by atoms with Gasteiger partial charge in [-0.05, 0) is 6.08 Å². The predicted molar refractivity (Wildman–Crippen MR) is 67.5 cm³/mol. The van der Waals surface area contributed by atoms with E-state index in [1.165, 1.54) is 6.26 Å². The molecule has 3 heteroatoms. The van der Waals surface area contributed by atoms with Crippen LogP contribution < -0.4 is 0 Å².